The van der Waals surface area contributed by atoms with E-state index in [1.54, 1.807) is 43.5 Å². The predicted molar refractivity (Wildman–Crippen MR) is 175 cm³/mol. The number of hydrogen-bond acceptors (Lipinski definition) is 8. The SMILES string of the molecule is Cc1cc(-c2cc(Cl)ccc2OCCn2c(C)nc3cc(CCCN(C)C)c(Cl)c(C#N)c3c2=O)c2scc(C(=O)O)c2n1. The summed E-state index contributed by atoms with van der Waals surface area (Å²) in [5, 5.41) is 22.1. The maximum atomic E-state index is 13.7. The number of carboxylic acids is 1. The highest BCUT2D eigenvalue weighted by molar-refractivity contribution is 7.18. The number of carboxylic acid groups (broad SMARTS) is 1. The van der Waals surface area contributed by atoms with Crippen LogP contribution in [0, 0.1) is 25.2 Å². The number of aryl methyl sites for hydroxylation is 3. The van der Waals surface area contributed by atoms with Gasteiger partial charge in [-0.15, -0.1) is 11.3 Å². The van der Waals surface area contributed by atoms with E-state index in [2.05, 4.69) is 20.9 Å². The molecule has 0 fully saturated rings. The molecule has 0 radical (unpaired) electrons. The Kier molecular flexibility index (Phi) is 9.23. The predicted octanol–water partition coefficient (Wildman–Crippen LogP) is 6.74. The molecular formula is C32H29Cl2N5O4S. The van der Waals surface area contributed by atoms with E-state index in [1.165, 1.54) is 15.9 Å². The number of nitriles is 1. The molecule has 0 aliphatic heterocycles. The number of fused-ring (bicyclic) bond motifs is 2. The molecule has 0 amide bonds. The third-order valence-corrected chi connectivity index (χ3v) is 8.97. The molecule has 44 heavy (non-hydrogen) atoms. The third kappa shape index (κ3) is 6.14. The Morgan fingerprint density at radius 2 is 1.93 bits per heavy atom. The number of hydrogen-bond donors (Lipinski definition) is 1. The van der Waals surface area contributed by atoms with Gasteiger partial charge in [-0.2, -0.15) is 5.26 Å². The molecule has 0 saturated heterocycles. The molecule has 1 N–H and O–H groups in total. The molecule has 0 atom stereocenters. The van der Waals surface area contributed by atoms with Crippen LogP contribution in [0.1, 0.15) is 39.4 Å². The molecule has 5 rings (SSSR count). The van der Waals surface area contributed by atoms with Crippen LogP contribution in [0.15, 0.2) is 40.5 Å². The first-order chi connectivity index (χ1) is 21.0. The van der Waals surface area contributed by atoms with E-state index >= 15 is 0 Å². The van der Waals surface area contributed by atoms with Gasteiger partial charge in [-0.05, 0) is 83.2 Å². The van der Waals surface area contributed by atoms with Crippen molar-refractivity contribution in [2.45, 2.75) is 33.2 Å². The number of aromatic carboxylic acids is 1. The van der Waals surface area contributed by atoms with Crippen molar-refractivity contribution in [2.75, 3.05) is 27.2 Å². The Hall–Kier alpha value is -4.01. The molecule has 226 valence electrons. The smallest absolute Gasteiger partial charge is 0.338 e. The van der Waals surface area contributed by atoms with Gasteiger partial charge in [0, 0.05) is 27.2 Å². The number of aromatic nitrogens is 3. The Bertz CT molecular complexity index is 2030. The van der Waals surface area contributed by atoms with Crippen molar-refractivity contribution in [2.24, 2.45) is 0 Å². The highest BCUT2D eigenvalue weighted by atomic mass is 35.5. The van der Waals surface area contributed by atoms with Crippen LogP contribution in [0.4, 0.5) is 0 Å². The Morgan fingerprint density at radius 3 is 2.64 bits per heavy atom. The molecule has 9 nitrogen and oxygen atoms in total. The minimum atomic E-state index is -1.05. The molecule has 0 unspecified atom stereocenters. The van der Waals surface area contributed by atoms with Crippen LogP contribution in [0.3, 0.4) is 0 Å². The average molecular weight is 651 g/mol. The van der Waals surface area contributed by atoms with Gasteiger partial charge in [0.25, 0.3) is 5.56 Å². The van der Waals surface area contributed by atoms with E-state index in [0.717, 1.165) is 24.1 Å². The molecule has 2 aromatic carbocycles. The zero-order valence-corrected chi connectivity index (χ0v) is 26.9. The summed E-state index contributed by atoms with van der Waals surface area (Å²) in [4.78, 5) is 36.7. The molecule has 3 aromatic heterocycles. The molecular weight excluding hydrogens is 621 g/mol. The van der Waals surface area contributed by atoms with Crippen LogP contribution in [-0.2, 0) is 13.0 Å². The van der Waals surface area contributed by atoms with Crippen LogP contribution >= 0.6 is 34.5 Å². The Morgan fingerprint density at radius 1 is 1.16 bits per heavy atom. The molecule has 0 aliphatic rings. The zero-order chi connectivity index (χ0) is 31.7. The average Bonchev–Trinajstić information content (AvgIpc) is 3.39. The maximum absolute atomic E-state index is 13.7. The molecule has 5 aromatic rings. The van der Waals surface area contributed by atoms with Gasteiger partial charge in [-0.1, -0.05) is 23.2 Å². The first kappa shape index (κ1) is 31.4. The second-order valence-electron chi connectivity index (χ2n) is 10.7. The third-order valence-electron chi connectivity index (χ3n) is 7.30. The fourth-order valence-electron chi connectivity index (χ4n) is 5.23. The number of benzene rings is 2. The summed E-state index contributed by atoms with van der Waals surface area (Å²) < 4.78 is 8.39. The van der Waals surface area contributed by atoms with Gasteiger partial charge in [0.05, 0.1) is 43.8 Å². The molecule has 3 heterocycles. The van der Waals surface area contributed by atoms with Gasteiger partial charge < -0.3 is 14.7 Å². The second-order valence-corrected chi connectivity index (χ2v) is 12.4. The van der Waals surface area contributed by atoms with Crippen molar-refractivity contribution >= 4 is 61.6 Å². The number of halogens is 2. The lowest BCUT2D eigenvalue weighted by molar-refractivity contribution is 0.0699. The number of ether oxygens (including phenoxy) is 1. The van der Waals surface area contributed by atoms with Gasteiger partial charge in [-0.3, -0.25) is 14.3 Å². The summed E-state index contributed by atoms with van der Waals surface area (Å²) in [6.07, 6.45) is 1.51. The summed E-state index contributed by atoms with van der Waals surface area (Å²) in [7, 11) is 3.99. The lowest BCUT2D eigenvalue weighted by Crippen LogP contribution is -2.27. The summed E-state index contributed by atoms with van der Waals surface area (Å²) in [5.41, 5.74) is 3.61. The first-order valence-electron chi connectivity index (χ1n) is 13.8. The number of thiophene rings is 1. The Labute approximate surface area is 267 Å². The largest absolute Gasteiger partial charge is 0.491 e. The first-order valence-corrected chi connectivity index (χ1v) is 15.5. The summed E-state index contributed by atoms with van der Waals surface area (Å²) >= 11 is 14.3. The lowest BCUT2D eigenvalue weighted by atomic mass is 10.0. The van der Waals surface area contributed by atoms with Gasteiger partial charge in [0.15, 0.2) is 0 Å². The monoisotopic (exact) mass is 649 g/mol. The van der Waals surface area contributed by atoms with Crippen molar-refractivity contribution in [3.05, 3.63) is 84.3 Å². The normalized spacial score (nSPS) is 11.4. The van der Waals surface area contributed by atoms with E-state index in [4.69, 9.17) is 27.9 Å². The van der Waals surface area contributed by atoms with Crippen LogP contribution in [0.5, 0.6) is 5.75 Å². The topological polar surface area (TPSA) is 121 Å². The standard InChI is InChI=1S/C32H29Cl2N5O4S/c1-17-12-22(30-29(36-17)24(16-44-30)32(41)42)21-14-20(33)7-8-26(21)43-11-10-39-18(2)37-25-13-19(6-5-9-38(3)4)28(34)23(15-35)27(25)31(39)40/h7-8,12-14,16H,5-6,9-11H2,1-4H3,(H,41,42). The van der Waals surface area contributed by atoms with Gasteiger partial charge in [0.1, 0.15) is 24.3 Å². The minimum absolute atomic E-state index is 0.110. The zero-order valence-electron chi connectivity index (χ0n) is 24.6. The number of pyridine rings is 1. The second kappa shape index (κ2) is 12.9. The van der Waals surface area contributed by atoms with Gasteiger partial charge in [0.2, 0.25) is 0 Å². The van der Waals surface area contributed by atoms with E-state index in [1.807, 2.05) is 20.2 Å². The number of rotatable bonds is 10. The molecule has 12 heteroatoms. The molecule has 0 saturated carbocycles. The van der Waals surface area contributed by atoms with Crippen LogP contribution < -0.4 is 10.3 Å². The van der Waals surface area contributed by atoms with E-state index < -0.39 is 5.97 Å². The highest BCUT2D eigenvalue weighted by Gasteiger charge is 2.21. The van der Waals surface area contributed by atoms with Crippen molar-refractivity contribution < 1.29 is 14.6 Å². The van der Waals surface area contributed by atoms with Gasteiger partial charge >= 0.3 is 5.97 Å². The van der Waals surface area contributed by atoms with Crippen molar-refractivity contribution in [3.63, 3.8) is 0 Å². The fraction of sp³-hybridized carbons (Fsp3) is 0.281. The summed E-state index contributed by atoms with van der Waals surface area (Å²) in [5.74, 6) is -0.0534. The summed E-state index contributed by atoms with van der Waals surface area (Å²) in [6, 6.07) is 11.0. The number of nitrogens with zero attached hydrogens (tertiary/aromatic N) is 5. The molecule has 0 spiro atoms. The van der Waals surface area contributed by atoms with Gasteiger partial charge in [-0.25, -0.2) is 9.78 Å². The summed E-state index contributed by atoms with van der Waals surface area (Å²) in [6.45, 7) is 4.68. The minimum Gasteiger partial charge on any atom is -0.491 e. The van der Waals surface area contributed by atoms with Crippen molar-refractivity contribution in [1.29, 1.82) is 5.26 Å². The van der Waals surface area contributed by atoms with Crippen molar-refractivity contribution in [1.82, 2.24) is 19.4 Å². The van der Waals surface area contributed by atoms with E-state index in [-0.39, 0.29) is 40.2 Å². The van der Waals surface area contributed by atoms with E-state index in [0.29, 0.717) is 50.0 Å². The van der Waals surface area contributed by atoms with Crippen molar-refractivity contribution in [3.8, 4) is 22.9 Å². The highest BCUT2D eigenvalue weighted by Crippen LogP contribution is 2.40. The number of carbonyl (C=O) groups is 1. The maximum Gasteiger partial charge on any atom is 0.338 e. The molecule has 0 aliphatic carbocycles. The fourth-order valence-corrected chi connectivity index (χ4v) is 6.70. The Balaban J connectivity index is 1.47. The van der Waals surface area contributed by atoms with Crippen LogP contribution in [0.25, 0.3) is 32.2 Å². The van der Waals surface area contributed by atoms with E-state index in [9.17, 15) is 20.0 Å². The quantitative estimate of drug-likeness (QED) is 0.176. The molecule has 0 bridgehead atoms. The lowest BCUT2D eigenvalue weighted by Gasteiger charge is -2.16. The van der Waals surface area contributed by atoms with Crippen LogP contribution in [-0.4, -0.2) is 57.8 Å². The van der Waals surface area contributed by atoms with Crippen LogP contribution in [0.2, 0.25) is 10.0 Å².